The number of thiophene rings is 1. The summed E-state index contributed by atoms with van der Waals surface area (Å²) in [6, 6.07) is 12.7. The highest BCUT2D eigenvalue weighted by atomic mass is 32.1. The molecule has 2 aliphatic rings. The number of hydrogen-bond donors (Lipinski definition) is 2. The lowest BCUT2D eigenvalue weighted by Gasteiger charge is -2.38. The number of nitrogens with one attached hydrogen (secondary N) is 1. The fraction of sp³-hybridized carbons (Fsp3) is 0.467. The predicted molar refractivity (Wildman–Crippen MR) is 155 cm³/mol. The van der Waals surface area contributed by atoms with Crippen LogP contribution in [0.4, 0.5) is 5.82 Å². The quantitative estimate of drug-likeness (QED) is 0.384. The van der Waals surface area contributed by atoms with Crippen molar-refractivity contribution in [1.29, 1.82) is 0 Å². The van der Waals surface area contributed by atoms with Gasteiger partial charge in [-0.2, -0.15) is 11.3 Å². The Morgan fingerprint density at radius 3 is 2.32 bits per heavy atom. The van der Waals surface area contributed by atoms with E-state index in [0.717, 1.165) is 35.2 Å². The minimum atomic E-state index is -0.171. The van der Waals surface area contributed by atoms with Crippen LogP contribution < -0.4 is 11.1 Å². The highest BCUT2D eigenvalue weighted by molar-refractivity contribution is 7.08. The van der Waals surface area contributed by atoms with Crippen molar-refractivity contribution in [3.8, 4) is 22.4 Å². The van der Waals surface area contributed by atoms with Crippen molar-refractivity contribution in [3.63, 3.8) is 0 Å². The summed E-state index contributed by atoms with van der Waals surface area (Å²) in [7, 11) is 1.95. The van der Waals surface area contributed by atoms with Crippen molar-refractivity contribution in [1.82, 2.24) is 15.1 Å². The van der Waals surface area contributed by atoms with E-state index >= 15 is 0 Å². The largest absolute Gasteiger partial charge is 0.343 e. The topological polar surface area (TPSA) is 101 Å². The molecule has 5 rings (SSSR count). The molecule has 202 valence electrons. The van der Waals surface area contributed by atoms with Gasteiger partial charge in [0.25, 0.3) is 0 Å². The molecular formula is C30H39N5O2S. The van der Waals surface area contributed by atoms with Gasteiger partial charge in [0.15, 0.2) is 5.82 Å². The molecular weight excluding hydrogens is 494 g/mol. The Morgan fingerprint density at radius 2 is 1.76 bits per heavy atom. The highest BCUT2D eigenvalue weighted by Gasteiger charge is 2.34. The third kappa shape index (κ3) is 6.66. The van der Waals surface area contributed by atoms with Gasteiger partial charge in [-0.1, -0.05) is 50.5 Å². The molecule has 0 bridgehead atoms. The van der Waals surface area contributed by atoms with Gasteiger partial charge in [-0.25, -0.2) is 0 Å². The number of nitrogens with zero attached hydrogens (tertiary/aromatic N) is 3. The van der Waals surface area contributed by atoms with E-state index < -0.39 is 0 Å². The third-order valence-corrected chi connectivity index (χ3v) is 8.41. The molecule has 2 aromatic heterocycles. The Hall–Kier alpha value is -3.10. The lowest BCUT2D eigenvalue weighted by Crippen LogP contribution is -2.43. The average Bonchev–Trinajstić information content (AvgIpc) is 3.46. The maximum atomic E-state index is 11.3. The van der Waals surface area contributed by atoms with Crippen molar-refractivity contribution in [2.45, 2.75) is 83.2 Å². The maximum Gasteiger partial charge on any atom is 0.222 e. The normalized spacial score (nSPS) is 16.5. The van der Waals surface area contributed by atoms with Crippen LogP contribution in [0.2, 0.25) is 0 Å². The molecule has 2 heterocycles. The summed E-state index contributed by atoms with van der Waals surface area (Å²) in [6.45, 7) is 3.39. The lowest BCUT2D eigenvalue weighted by molar-refractivity contribution is -0.132. The molecule has 2 saturated carbocycles. The second-order valence-corrected chi connectivity index (χ2v) is 11.2. The highest BCUT2D eigenvalue weighted by Crippen LogP contribution is 2.40. The molecule has 2 amide bonds. The lowest BCUT2D eigenvalue weighted by atomic mass is 9.72. The molecule has 38 heavy (non-hydrogen) atoms. The molecule has 0 atom stereocenters. The summed E-state index contributed by atoms with van der Waals surface area (Å²) in [4.78, 5) is 24.6. The molecule has 0 unspecified atom stereocenters. The van der Waals surface area contributed by atoms with Crippen molar-refractivity contribution in [2.24, 2.45) is 5.73 Å². The Labute approximate surface area is 229 Å². The van der Waals surface area contributed by atoms with E-state index in [0.29, 0.717) is 24.2 Å². The minimum absolute atomic E-state index is 0.165. The minimum Gasteiger partial charge on any atom is -0.343 e. The molecule has 3 aromatic rings. The Kier molecular flexibility index (Phi) is 9.28. The van der Waals surface area contributed by atoms with Gasteiger partial charge in [-0.05, 0) is 66.1 Å². The summed E-state index contributed by atoms with van der Waals surface area (Å²) in [5.41, 5.74) is 11.2. The average molecular weight is 534 g/mol. The monoisotopic (exact) mass is 533 g/mol. The predicted octanol–water partition coefficient (Wildman–Crippen LogP) is 6.36. The van der Waals surface area contributed by atoms with E-state index in [9.17, 15) is 9.59 Å². The summed E-state index contributed by atoms with van der Waals surface area (Å²) >= 11 is 1.62. The van der Waals surface area contributed by atoms with E-state index in [-0.39, 0.29) is 11.4 Å². The van der Waals surface area contributed by atoms with Crippen molar-refractivity contribution >= 4 is 29.0 Å². The summed E-state index contributed by atoms with van der Waals surface area (Å²) in [6.07, 6.45) is 10.3. The number of aromatic nitrogens is 2. The van der Waals surface area contributed by atoms with E-state index in [1.807, 2.05) is 36.4 Å². The van der Waals surface area contributed by atoms with Crippen LogP contribution in [0.1, 0.15) is 77.2 Å². The number of hydrogen-bond acceptors (Lipinski definition) is 6. The number of carbonyl (C=O) groups excluding carboxylic acids is 2. The van der Waals surface area contributed by atoms with Crippen molar-refractivity contribution in [2.75, 3.05) is 12.4 Å². The van der Waals surface area contributed by atoms with Crippen LogP contribution in [0.5, 0.6) is 0 Å². The van der Waals surface area contributed by atoms with Gasteiger partial charge in [0.05, 0.1) is 0 Å². The van der Waals surface area contributed by atoms with E-state index in [2.05, 4.69) is 45.2 Å². The van der Waals surface area contributed by atoms with E-state index in [4.69, 9.17) is 5.73 Å². The van der Waals surface area contributed by atoms with Gasteiger partial charge >= 0.3 is 0 Å². The summed E-state index contributed by atoms with van der Waals surface area (Å²) < 4.78 is 0. The first-order valence-corrected chi connectivity index (χ1v) is 14.6. The SMILES string of the molecule is CC(=O)Nc1cc(-c2ccsc2)c(-c2ccc(C3(N)CCC3)cc2)nn1.CCC(=O)N(C)C1CCCCC1. The smallest absolute Gasteiger partial charge is 0.222 e. The molecule has 1 aromatic carbocycles. The van der Waals surface area contributed by atoms with Gasteiger partial charge in [-0.3, -0.25) is 9.59 Å². The second kappa shape index (κ2) is 12.6. The van der Waals surface area contributed by atoms with Crippen molar-refractivity contribution in [3.05, 3.63) is 52.7 Å². The zero-order valence-corrected chi connectivity index (χ0v) is 23.5. The van der Waals surface area contributed by atoms with Gasteiger partial charge < -0.3 is 16.0 Å². The standard InChI is InChI=1S/C20H20N4OS.C10H19NO/c1-13(25)22-18-11-17(15-7-10-26-12-15)19(24-23-18)14-3-5-16(6-4-14)20(21)8-2-9-20;1-3-10(12)11(2)9-7-5-4-6-8-9/h3-7,10-12H,2,8-9,21H2,1H3,(H,22,23,25);9H,3-8H2,1-2H3. The first kappa shape index (κ1) is 27.9. The first-order valence-electron chi connectivity index (χ1n) is 13.6. The number of amides is 2. The molecule has 0 spiro atoms. The van der Waals surface area contributed by atoms with Crippen LogP contribution in [0, 0.1) is 0 Å². The summed E-state index contributed by atoms with van der Waals surface area (Å²) in [5, 5.41) is 15.3. The number of rotatable bonds is 6. The van der Waals surface area contributed by atoms with Crippen LogP contribution >= 0.6 is 11.3 Å². The molecule has 0 aliphatic heterocycles. The van der Waals surface area contributed by atoms with Crippen LogP contribution in [0.25, 0.3) is 22.4 Å². The van der Waals surface area contributed by atoms with Gasteiger partial charge in [0, 0.05) is 43.1 Å². The van der Waals surface area contributed by atoms with Gasteiger partial charge in [-0.15, -0.1) is 10.2 Å². The number of benzene rings is 1. The zero-order valence-electron chi connectivity index (χ0n) is 22.7. The Balaban J connectivity index is 0.000000236. The Morgan fingerprint density at radius 1 is 1.05 bits per heavy atom. The molecule has 0 radical (unpaired) electrons. The fourth-order valence-electron chi connectivity index (χ4n) is 5.21. The molecule has 2 aliphatic carbocycles. The molecule has 7 nitrogen and oxygen atoms in total. The molecule has 8 heteroatoms. The fourth-order valence-corrected chi connectivity index (χ4v) is 5.87. The third-order valence-electron chi connectivity index (χ3n) is 7.73. The number of anilines is 1. The van der Waals surface area contributed by atoms with Crippen LogP contribution in [0.3, 0.4) is 0 Å². The zero-order chi connectivity index (χ0) is 27.1. The maximum absolute atomic E-state index is 11.3. The second-order valence-electron chi connectivity index (χ2n) is 10.4. The summed E-state index contributed by atoms with van der Waals surface area (Å²) in [5.74, 6) is 0.581. The van der Waals surface area contributed by atoms with Gasteiger partial charge in [0.2, 0.25) is 11.8 Å². The van der Waals surface area contributed by atoms with Crippen LogP contribution in [0.15, 0.2) is 47.2 Å². The van der Waals surface area contributed by atoms with E-state index in [1.165, 1.54) is 51.0 Å². The molecule has 0 saturated heterocycles. The van der Waals surface area contributed by atoms with Crippen molar-refractivity contribution < 1.29 is 9.59 Å². The number of nitrogens with two attached hydrogens (primary N) is 1. The van der Waals surface area contributed by atoms with E-state index in [1.54, 1.807) is 11.3 Å². The molecule has 3 N–H and O–H groups in total. The Bertz CT molecular complexity index is 1220. The van der Waals surface area contributed by atoms with Crippen LogP contribution in [-0.2, 0) is 15.1 Å². The number of carbonyl (C=O) groups is 2. The van der Waals surface area contributed by atoms with Crippen LogP contribution in [-0.4, -0.2) is 40.0 Å². The molecule has 2 fully saturated rings. The first-order chi connectivity index (χ1) is 18.3. The van der Waals surface area contributed by atoms with Gasteiger partial charge in [0.1, 0.15) is 5.69 Å².